The summed E-state index contributed by atoms with van der Waals surface area (Å²) in [5.41, 5.74) is 0. The summed E-state index contributed by atoms with van der Waals surface area (Å²) in [6.45, 7) is 0. The van der Waals surface area contributed by atoms with Gasteiger partial charge in [0.05, 0.1) is 0 Å². The molecule has 1 heterocycles. The van der Waals surface area contributed by atoms with Gasteiger partial charge in [0, 0.05) is 6.20 Å². The molecule has 3 nitrogen and oxygen atoms in total. The SMILES string of the molecule is OC(Nc1ccccn1)C(Cl)(Cl)Cl. The number of hydrogen-bond donors (Lipinski definition) is 2. The molecule has 0 aliphatic rings. The van der Waals surface area contributed by atoms with Gasteiger partial charge in [-0.15, -0.1) is 0 Å². The Bertz CT molecular complexity index is 262. The number of nitrogens with zero attached hydrogens (tertiary/aromatic N) is 1. The van der Waals surface area contributed by atoms with E-state index in [1.165, 1.54) is 0 Å². The maximum absolute atomic E-state index is 9.29. The minimum Gasteiger partial charge on any atom is -0.369 e. The minimum absolute atomic E-state index is 0.446. The van der Waals surface area contributed by atoms with E-state index in [4.69, 9.17) is 34.8 Å². The standard InChI is InChI=1S/C7H7Cl3N2O/c8-7(9,10)6(13)12-5-3-1-2-4-11-5/h1-4,6,13H,(H,11,12). The smallest absolute Gasteiger partial charge is 0.234 e. The van der Waals surface area contributed by atoms with Crippen LogP contribution in [0.25, 0.3) is 0 Å². The average molecular weight is 242 g/mol. The molecule has 1 rings (SSSR count). The van der Waals surface area contributed by atoms with Crippen molar-refractivity contribution in [1.29, 1.82) is 0 Å². The summed E-state index contributed by atoms with van der Waals surface area (Å²) in [7, 11) is 0. The number of alkyl halides is 3. The van der Waals surface area contributed by atoms with Crippen LogP contribution >= 0.6 is 34.8 Å². The fourth-order valence-corrected chi connectivity index (χ4v) is 0.834. The van der Waals surface area contributed by atoms with Crippen LogP contribution in [-0.4, -0.2) is 20.1 Å². The van der Waals surface area contributed by atoms with Crippen molar-refractivity contribution in [2.75, 3.05) is 5.32 Å². The molecule has 6 heteroatoms. The van der Waals surface area contributed by atoms with Crippen molar-refractivity contribution < 1.29 is 5.11 Å². The van der Waals surface area contributed by atoms with Gasteiger partial charge in [0.15, 0.2) is 6.23 Å². The fourth-order valence-electron chi connectivity index (χ4n) is 0.670. The van der Waals surface area contributed by atoms with E-state index in [0.29, 0.717) is 5.82 Å². The van der Waals surface area contributed by atoms with Crippen molar-refractivity contribution in [3.8, 4) is 0 Å². The molecule has 2 N–H and O–H groups in total. The Labute approximate surface area is 90.6 Å². The average Bonchev–Trinajstić information content (AvgIpc) is 2.04. The summed E-state index contributed by atoms with van der Waals surface area (Å²) in [6.07, 6.45) is 0.278. The summed E-state index contributed by atoms with van der Waals surface area (Å²) < 4.78 is -1.77. The zero-order valence-corrected chi connectivity index (χ0v) is 8.68. The molecular weight excluding hydrogens is 234 g/mol. The molecule has 0 aliphatic heterocycles. The summed E-state index contributed by atoms with van der Waals surface area (Å²) in [6, 6.07) is 5.15. The van der Waals surface area contributed by atoms with Gasteiger partial charge in [-0.25, -0.2) is 4.98 Å². The fraction of sp³-hybridized carbons (Fsp3) is 0.286. The highest BCUT2D eigenvalue weighted by Crippen LogP contribution is 2.30. The van der Waals surface area contributed by atoms with E-state index in [2.05, 4.69) is 10.3 Å². The van der Waals surface area contributed by atoms with Gasteiger partial charge >= 0.3 is 0 Å². The lowest BCUT2D eigenvalue weighted by atomic mass is 10.4. The van der Waals surface area contributed by atoms with E-state index in [1.54, 1.807) is 24.4 Å². The van der Waals surface area contributed by atoms with Crippen molar-refractivity contribution >= 4 is 40.6 Å². The largest absolute Gasteiger partial charge is 0.369 e. The van der Waals surface area contributed by atoms with Crippen molar-refractivity contribution in [2.45, 2.75) is 10.0 Å². The van der Waals surface area contributed by atoms with E-state index < -0.39 is 10.0 Å². The Balaban J connectivity index is 2.61. The van der Waals surface area contributed by atoms with Gasteiger partial charge in [0.2, 0.25) is 3.79 Å². The van der Waals surface area contributed by atoms with Crippen molar-refractivity contribution in [2.24, 2.45) is 0 Å². The third-order valence-electron chi connectivity index (χ3n) is 1.26. The number of anilines is 1. The molecule has 13 heavy (non-hydrogen) atoms. The highest BCUT2D eigenvalue weighted by molar-refractivity contribution is 6.68. The Morgan fingerprint density at radius 3 is 2.54 bits per heavy atom. The predicted octanol–water partition coefficient (Wildman–Crippen LogP) is 2.18. The number of aliphatic hydroxyl groups is 1. The van der Waals surface area contributed by atoms with Gasteiger partial charge in [-0.3, -0.25) is 0 Å². The quantitative estimate of drug-likeness (QED) is 0.616. The molecule has 0 bridgehead atoms. The minimum atomic E-state index is -1.77. The zero-order chi connectivity index (χ0) is 9.90. The molecule has 0 radical (unpaired) electrons. The monoisotopic (exact) mass is 240 g/mol. The van der Waals surface area contributed by atoms with Crippen LogP contribution in [0.5, 0.6) is 0 Å². The number of nitrogens with one attached hydrogen (secondary N) is 1. The first-order valence-corrected chi connectivity index (χ1v) is 4.56. The first kappa shape index (κ1) is 10.9. The van der Waals surface area contributed by atoms with E-state index in [-0.39, 0.29) is 0 Å². The molecule has 0 fully saturated rings. The van der Waals surface area contributed by atoms with Gasteiger partial charge in [-0.1, -0.05) is 40.9 Å². The van der Waals surface area contributed by atoms with Gasteiger partial charge in [0.25, 0.3) is 0 Å². The van der Waals surface area contributed by atoms with E-state index in [0.717, 1.165) is 0 Å². The molecule has 0 saturated heterocycles. The molecule has 1 aromatic heterocycles. The van der Waals surface area contributed by atoms with Crippen LogP contribution in [0.2, 0.25) is 0 Å². The van der Waals surface area contributed by atoms with Gasteiger partial charge < -0.3 is 10.4 Å². The van der Waals surface area contributed by atoms with Gasteiger partial charge in [-0.2, -0.15) is 0 Å². The Morgan fingerprint density at radius 2 is 2.08 bits per heavy atom. The number of rotatable bonds is 2. The second-order valence-corrected chi connectivity index (χ2v) is 4.67. The van der Waals surface area contributed by atoms with Gasteiger partial charge in [0.1, 0.15) is 5.82 Å². The van der Waals surface area contributed by atoms with Crippen molar-refractivity contribution in [1.82, 2.24) is 4.98 Å². The molecule has 0 spiro atoms. The van der Waals surface area contributed by atoms with Crippen LogP contribution in [-0.2, 0) is 0 Å². The Morgan fingerprint density at radius 1 is 1.38 bits per heavy atom. The maximum atomic E-state index is 9.29. The van der Waals surface area contributed by atoms with Crippen LogP contribution in [0.15, 0.2) is 24.4 Å². The molecule has 0 aromatic carbocycles. The normalized spacial score (nSPS) is 13.8. The highest BCUT2D eigenvalue weighted by Gasteiger charge is 2.30. The maximum Gasteiger partial charge on any atom is 0.234 e. The third-order valence-corrected chi connectivity index (χ3v) is 1.88. The number of aromatic nitrogens is 1. The Kier molecular flexibility index (Phi) is 3.62. The molecule has 72 valence electrons. The van der Waals surface area contributed by atoms with Crippen LogP contribution in [0.1, 0.15) is 0 Å². The summed E-state index contributed by atoms with van der Waals surface area (Å²) in [5, 5.41) is 11.8. The second-order valence-electron chi connectivity index (χ2n) is 2.30. The highest BCUT2D eigenvalue weighted by atomic mass is 35.6. The lowest BCUT2D eigenvalue weighted by molar-refractivity contribution is 0.207. The summed E-state index contributed by atoms with van der Waals surface area (Å²) >= 11 is 16.3. The van der Waals surface area contributed by atoms with Crippen LogP contribution in [0, 0.1) is 0 Å². The summed E-state index contributed by atoms with van der Waals surface area (Å²) in [5.74, 6) is 0.446. The van der Waals surface area contributed by atoms with Crippen molar-refractivity contribution in [3.63, 3.8) is 0 Å². The first-order chi connectivity index (χ1) is 6.00. The van der Waals surface area contributed by atoms with E-state index >= 15 is 0 Å². The lowest BCUT2D eigenvalue weighted by Gasteiger charge is -2.20. The Hall–Kier alpha value is -0.220. The zero-order valence-electron chi connectivity index (χ0n) is 6.42. The number of pyridine rings is 1. The molecule has 1 aromatic rings. The molecule has 1 atom stereocenters. The molecule has 1 unspecified atom stereocenters. The molecule has 0 saturated carbocycles. The van der Waals surface area contributed by atoms with E-state index in [9.17, 15) is 5.11 Å². The first-order valence-electron chi connectivity index (χ1n) is 3.42. The summed E-state index contributed by atoms with van der Waals surface area (Å²) in [4.78, 5) is 3.89. The van der Waals surface area contributed by atoms with Crippen LogP contribution in [0.3, 0.4) is 0 Å². The van der Waals surface area contributed by atoms with Crippen molar-refractivity contribution in [3.05, 3.63) is 24.4 Å². The third kappa shape index (κ3) is 3.56. The molecule has 0 aliphatic carbocycles. The molecular formula is C7H7Cl3N2O. The van der Waals surface area contributed by atoms with Crippen LogP contribution < -0.4 is 5.32 Å². The van der Waals surface area contributed by atoms with Gasteiger partial charge in [-0.05, 0) is 12.1 Å². The van der Waals surface area contributed by atoms with E-state index in [1.807, 2.05) is 0 Å². The predicted molar refractivity (Wildman–Crippen MR) is 54.2 cm³/mol. The second kappa shape index (κ2) is 4.33. The molecule has 0 amide bonds. The number of aliphatic hydroxyl groups excluding tert-OH is 1. The topological polar surface area (TPSA) is 45.1 Å². The lowest BCUT2D eigenvalue weighted by Crippen LogP contribution is -2.33. The number of halogens is 3. The van der Waals surface area contributed by atoms with Crippen LogP contribution in [0.4, 0.5) is 5.82 Å². The number of hydrogen-bond acceptors (Lipinski definition) is 3.